The van der Waals surface area contributed by atoms with Crippen LogP contribution in [-0.4, -0.2) is 31.1 Å². The molecule has 0 heterocycles. The number of likely N-dealkylation sites (N-methyl/N-ethyl adjacent to an activating group) is 1. The maximum atomic E-state index is 9.33. The zero-order valence-electron chi connectivity index (χ0n) is 10.9. The van der Waals surface area contributed by atoms with Crippen LogP contribution in [0.25, 0.3) is 0 Å². The van der Waals surface area contributed by atoms with Crippen molar-refractivity contribution in [1.82, 2.24) is 4.90 Å². The van der Waals surface area contributed by atoms with Gasteiger partial charge in [-0.1, -0.05) is 30.3 Å². The Hall–Kier alpha value is -1.37. The second-order valence-electron chi connectivity index (χ2n) is 5.17. The van der Waals surface area contributed by atoms with Crippen molar-refractivity contribution in [3.8, 4) is 6.07 Å². The number of nitrogens with zero attached hydrogens (tertiary/aromatic N) is 2. The minimum Gasteiger partial charge on any atom is -0.329 e. The summed E-state index contributed by atoms with van der Waals surface area (Å²) in [7, 11) is 2.09. The van der Waals surface area contributed by atoms with E-state index in [2.05, 4.69) is 18.0 Å². The molecule has 1 fully saturated rings. The van der Waals surface area contributed by atoms with Gasteiger partial charge in [0.15, 0.2) is 0 Å². The molecule has 0 aliphatic heterocycles. The Labute approximate surface area is 109 Å². The van der Waals surface area contributed by atoms with E-state index in [1.54, 1.807) is 0 Å². The minimum atomic E-state index is -0.0657. The van der Waals surface area contributed by atoms with E-state index >= 15 is 0 Å². The molecule has 0 saturated heterocycles. The Morgan fingerprint density at radius 2 is 2.06 bits per heavy atom. The van der Waals surface area contributed by atoms with Crippen molar-refractivity contribution in [2.24, 2.45) is 11.7 Å². The monoisotopic (exact) mass is 243 g/mol. The van der Waals surface area contributed by atoms with Crippen LogP contribution in [0.2, 0.25) is 0 Å². The van der Waals surface area contributed by atoms with Gasteiger partial charge in [0.1, 0.15) is 0 Å². The number of nitrogens with two attached hydrogens (primary N) is 1. The van der Waals surface area contributed by atoms with E-state index < -0.39 is 0 Å². The van der Waals surface area contributed by atoms with Crippen LogP contribution in [0.3, 0.4) is 0 Å². The Bertz CT molecular complexity index is 405. The van der Waals surface area contributed by atoms with Gasteiger partial charge in [-0.25, -0.2) is 0 Å². The summed E-state index contributed by atoms with van der Waals surface area (Å²) in [6.45, 7) is 1.45. The van der Waals surface area contributed by atoms with Crippen LogP contribution in [0.5, 0.6) is 0 Å². The van der Waals surface area contributed by atoms with Crippen molar-refractivity contribution < 1.29 is 0 Å². The Morgan fingerprint density at radius 1 is 1.39 bits per heavy atom. The van der Waals surface area contributed by atoms with Crippen molar-refractivity contribution in [2.45, 2.75) is 24.8 Å². The van der Waals surface area contributed by atoms with Crippen LogP contribution in [0.4, 0.5) is 0 Å². The van der Waals surface area contributed by atoms with Crippen LogP contribution < -0.4 is 5.73 Å². The molecule has 0 aromatic heterocycles. The highest BCUT2D eigenvalue weighted by molar-refractivity contribution is 5.25. The molecular formula is C15H21N3. The van der Waals surface area contributed by atoms with Crippen molar-refractivity contribution in [3.63, 3.8) is 0 Å². The number of benzene rings is 1. The Morgan fingerprint density at radius 3 is 2.56 bits per heavy atom. The summed E-state index contributed by atoms with van der Waals surface area (Å²) >= 11 is 0. The van der Waals surface area contributed by atoms with Crippen LogP contribution in [0, 0.1) is 17.2 Å². The van der Waals surface area contributed by atoms with Crippen molar-refractivity contribution in [3.05, 3.63) is 35.9 Å². The van der Waals surface area contributed by atoms with Gasteiger partial charge in [-0.05, 0) is 31.4 Å². The average molecular weight is 243 g/mol. The molecule has 1 aliphatic carbocycles. The molecule has 96 valence electrons. The van der Waals surface area contributed by atoms with E-state index in [9.17, 15) is 5.26 Å². The molecule has 2 rings (SSSR count). The van der Waals surface area contributed by atoms with Crippen LogP contribution in [-0.2, 0) is 0 Å². The fourth-order valence-corrected chi connectivity index (χ4v) is 2.54. The molecule has 3 nitrogen and oxygen atoms in total. The molecule has 0 bridgehead atoms. The lowest BCUT2D eigenvalue weighted by atomic mass is 9.99. The summed E-state index contributed by atoms with van der Waals surface area (Å²) in [4.78, 5) is 2.26. The Kier molecular flexibility index (Phi) is 4.35. The van der Waals surface area contributed by atoms with Gasteiger partial charge in [0, 0.05) is 19.1 Å². The summed E-state index contributed by atoms with van der Waals surface area (Å²) in [5.74, 6) is 0.680. The summed E-state index contributed by atoms with van der Waals surface area (Å²) in [6, 6.07) is 12.8. The van der Waals surface area contributed by atoms with Crippen molar-refractivity contribution in [1.29, 1.82) is 5.26 Å². The maximum Gasteiger partial charge on any atom is 0.0839 e. The molecule has 3 heteroatoms. The third kappa shape index (κ3) is 3.10. The zero-order chi connectivity index (χ0) is 13.0. The number of hydrogen-bond acceptors (Lipinski definition) is 3. The van der Waals surface area contributed by atoms with E-state index in [0.717, 1.165) is 18.0 Å². The molecule has 2 unspecified atom stereocenters. The van der Waals surface area contributed by atoms with E-state index in [1.807, 2.05) is 30.3 Å². The van der Waals surface area contributed by atoms with Gasteiger partial charge in [-0.2, -0.15) is 5.26 Å². The lowest BCUT2D eigenvalue weighted by molar-refractivity contribution is 0.220. The second kappa shape index (κ2) is 5.99. The highest BCUT2D eigenvalue weighted by Gasteiger charge is 2.33. The number of rotatable bonds is 6. The largest absolute Gasteiger partial charge is 0.329 e. The summed E-state index contributed by atoms with van der Waals surface area (Å²) < 4.78 is 0. The predicted octanol–water partition coefficient (Wildman–Crippen LogP) is 1.96. The fraction of sp³-hybridized carbons (Fsp3) is 0.533. The van der Waals surface area contributed by atoms with Crippen molar-refractivity contribution >= 4 is 0 Å². The Balaban J connectivity index is 2.00. The summed E-state index contributed by atoms with van der Waals surface area (Å²) in [5, 5.41) is 9.33. The SMILES string of the molecule is CN(CC(C#N)c1ccccc1)C(CN)C1CC1. The van der Waals surface area contributed by atoms with Gasteiger partial charge < -0.3 is 10.6 Å². The molecule has 1 aromatic carbocycles. The first-order valence-electron chi connectivity index (χ1n) is 6.61. The van der Waals surface area contributed by atoms with Crippen LogP contribution >= 0.6 is 0 Å². The normalized spacial score (nSPS) is 18.3. The van der Waals surface area contributed by atoms with Gasteiger partial charge in [-0.15, -0.1) is 0 Å². The topological polar surface area (TPSA) is 53.0 Å². The van der Waals surface area contributed by atoms with Gasteiger partial charge in [0.2, 0.25) is 0 Å². The van der Waals surface area contributed by atoms with E-state index in [-0.39, 0.29) is 5.92 Å². The fourth-order valence-electron chi connectivity index (χ4n) is 2.54. The average Bonchev–Trinajstić information content (AvgIpc) is 3.22. The summed E-state index contributed by atoms with van der Waals surface area (Å²) in [6.07, 6.45) is 2.57. The highest BCUT2D eigenvalue weighted by Crippen LogP contribution is 2.35. The first kappa shape index (κ1) is 13.1. The molecule has 0 radical (unpaired) electrons. The van der Waals surface area contributed by atoms with Gasteiger partial charge in [0.25, 0.3) is 0 Å². The van der Waals surface area contributed by atoms with E-state index in [0.29, 0.717) is 12.6 Å². The smallest absolute Gasteiger partial charge is 0.0839 e. The lowest BCUT2D eigenvalue weighted by Gasteiger charge is -2.28. The molecule has 2 N–H and O–H groups in total. The third-order valence-corrected chi connectivity index (χ3v) is 3.80. The molecule has 2 atom stereocenters. The standard InChI is InChI=1S/C15H21N3/c1-18(15(10-17)13-7-8-13)11-14(9-16)12-5-3-2-4-6-12/h2-6,13-15H,7-8,10-11,17H2,1H3. The van der Waals surface area contributed by atoms with Crippen molar-refractivity contribution in [2.75, 3.05) is 20.1 Å². The molecule has 1 aromatic rings. The minimum absolute atomic E-state index is 0.0657. The second-order valence-corrected chi connectivity index (χ2v) is 5.17. The number of nitriles is 1. The third-order valence-electron chi connectivity index (χ3n) is 3.80. The van der Waals surface area contributed by atoms with E-state index in [1.165, 1.54) is 12.8 Å². The van der Waals surface area contributed by atoms with Gasteiger partial charge in [-0.3, -0.25) is 0 Å². The molecule has 18 heavy (non-hydrogen) atoms. The van der Waals surface area contributed by atoms with E-state index in [4.69, 9.17) is 5.73 Å². The first-order valence-corrected chi connectivity index (χ1v) is 6.61. The molecular weight excluding hydrogens is 222 g/mol. The quantitative estimate of drug-likeness (QED) is 0.831. The molecule has 1 saturated carbocycles. The zero-order valence-corrected chi connectivity index (χ0v) is 10.9. The van der Waals surface area contributed by atoms with Crippen LogP contribution in [0.1, 0.15) is 24.3 Å². The first-order chi connectivity index (χ1) is 8.76. The highest BCUT2D eigenvalue weighted by atomic mass is 15.1. The van der Waals surface area contributed by atoms with Gasteiger partial charge in [0.05, 0.1) is 12.0 Å². The molecule has 0 spiro atoms. The number of hydrogen-bond donors (Lipinski definition) is 1. The van der Waals surface area contributed by atoms with Gasteiger partial charge >= 0.3 is 0 Å². The molecule has 0 amide bonds. The van der Waals surface area contributed by atoms with Crippen LogP contribution in [0.15, 0.2) is 30.3 Å². The predicted molar refractivity (Wildman–Crippen MR) is 73.0 cm³/mol. The summed E-state index contributed by atoms with van der Waals surface area (Å²) in [5.41, 5.74) is 6.94. The molecule has 1 aliphatic rings. The maximum absolute atomic E-state index is 9.33. The lowest BCUT2D eigenvalue weighted by Crippen LogP contribution is -2.41.